The zero-order chi connectivity index (χ0) is 8.97. The first kappa shape index (κ1) is 9.06. The minimum Gasteiger partial charge on any atom is -0.258 e. The minimum absolute atomic E-state index is 0.475. The van der Waals surface area contributed by atoms with E-state index in [1.54, 1.807) is 4.57 Å². The summed E-state index contributed by atoms with van der Waals surface area (Å²) in [6.45, 7) is 3.01. The fraction of sp³-hybridized carbons (Fsp3) is 0.625. The molecule has 0 radical (unpaired) electrons. The van der Waals surface area contributed by atoms with Crippen LogP contribution in [0.4, 0.5) is 0 Å². The van der Waals surface area contributed by atoms with E-state index in [9.17, 15) is 0 Å². The molecule has 68 valence electrons. The van der Waals surface area contributed by atoms with Gasteiger partial charge < -0.3 is 0 Å². The normalized spacial score (nSPS) is 10.2. The van der Waals surface area contributed by atoms with Gasteiger partial charge in [0.1, 0.15) is 12.4 Å². The second kappa shape index (κ2) is 4.11. The van der Waals surface area contributed by atoms with Gasteiger partial charge in [0, 0.05) is 0 Å². The molecule has 0 fully saturated rings. The zero-order valence-corrected chi connectivity index (χ0v) is 7.53. The molecule has 0 saturated heterocycles. The molecule has 1 heterocycles. The molecule has 12 heavy (non-hydrogen) atoms. The van der Waals surface area contributed by atoms with Gasteiger partial charge in [-0.2, -0.15) is 14.4 Å². The molecule has 4 nitrogen and oxygen atoms in total. The van der Waals surface area contributed by atoms with E-state index in [0.29, 0.717) is 6.01 Å². The molecule has 0 spiro atoms. The summed E-state index contributed by atoms with van der Waals surface area (Å²) in [4.78, 5) is 4.24. The Balaban J connectivity index is 2.70. The van der Waals surface area contributed by atoms with E-state index in [4.69, 9.17) is 5.26 Å². The van der Waals surface area contributed by atoms with E-state index in [0.717, 1.165) is 19.4 Å². The fourth-order valence-corrected chi connectivity index (χ4v) is 1.13. The number of unbranched alkanes of at least 4 members (excludes halogenated alkanes) is 1. The summed E-state index contributed by atoms with van der Waals surface area (Å²) in [5.74, 6) is 0. The van der Waals surface area contributed by atoms with Crippen LogP contribution in [0.2, 0.25) is 0 Å². The number of imidazole rings is 1. The van der Waals surface area contributed by atoms with Gasteiger partial charge in [-0.1, -0.05) is 13.3 Å². The monoisotopic (exact) mass is 171 g/mol. The molecule has 0 aromatic carbocycles. The topological polar surface area (TPSA) is 38.3 Å². The summed E-state index contributed by atoms with van der Waals surface area (Å²) < 4.78 is 3.61. The Bertz CT molecular complexity index is 245. The third kappa shape index (κ3) is 1.76. The van der Waals surface area contributed by atoms with E-state index in [-0.39, 0.29) is 0 Å². The molecule has 0 amide bonds. The van der Waals surface area contributed by atoms with Crippen LogP contribution in [0.1, 0.15) is 19.8 Å². The highest BCUT2D eigenvalue weighted by Crippen LogP contribution is 2.05. The Morgan fingerprint density at radius 2 is 2.42 bits per heavy atom. The molecule has 0 aliphatic rings. The van der Waals surface area contributed by atoms with Crippen molar-refractivity contribution in [1.82, 2.24) is 4.57 Å². The number of hydrogen-bond donors (Lipinski definition) is 1. The van der Waals surface area contributed by atoms with Gasteiger partial charge in [-0.3, -0.25) is 4.89 Å². The molecule has 0 atom stereocenters. The van der Waals surface area contributed by atoms with Crippen LogP contribution in [0.5, 0.6) is 6.01 Å². The summed E-state index contributed by atoms with van der Waals surface area (Å²) in [5.41, 5.74) is 0. The molecular formula is C8H15N2O2+. The van der Waals surface area contributed by atoms with Gasteiger partial charge in [-0.25, -0.2) is 0 Å². The molecule has 0 aliphatic heterocycles. The lowest BCUT2D eigenvalue weighted by Crippen LogP contribution is -2.28. The largest absolute Gasteiger partial charge is 0.487 e. The van der Waals surface area contributed by atoms with Crippen LogP contribution < -0.4 is 9.45 Å². The summed E-state index contributed by atoms with van der Waals surface area (Å²) >= 11 is 0. The Hall–Kier alpha value is -1.03. The van der Waals surface area contributed by atoms with E-state index in [1.165, 1.54) is 0 Å². The maximum Gasteiger partial charge on any atom is 0.487 e. The first-order chi connectivity index (χ1) is 5.79. The summed E-state index contributed by atoms with van der Waals surface area (Å²) in [7, 11) is 1.83. The van der Waals surface area contributed by atoms with Gasteiger partial charge >= 0.3 is 6.01 Å². The highest BCUT2D eigenvalue weighted by atomic mass is 17.1. The van der Waals surface area contributed by atoms with Crippen molar-refractivity contribution in [3.8, 4) is 6.01 Å². The molecule has 0 unspecified atom stereocenters. The quantitative estimate of drug-likeness (QED) is 0.416. The lowest BCUT2D eigenvalue weighted by atomic mass is 10.3. The van der Waals surface area contributed by atoms with Crippen molar-refractivity contribution in [2.75, 3.05) is 0 Å². The van der Waals surface area contributed by atoms with Crippen LogP contribution >= 0.6 is 0 Å². The number of aromatic nitrogens is 2. The van der Waals surface area contributed by atoms with E-state index in [1.807, 2.05) is 24.0 Å². The first-order valence-corrected chi connectivity index (χ1v) is 4.15. The Kier molecular flexibility index (Phi) is 3.10. The van der Waals surface area contributed by atoms with Crippen molar-refractivity contribution in [2.24, 2.45) is 7.05 Å². The molecule has 0 aliphatic carbocycles. The fourth-order valence-electron chi connectivity index (χ4n) is 1.13. The SMILES string of the molecule is CCCCn1cc[n+](C)c1OO. The van der Waals surface area contributed by atoms with Crippen LogP contribution in [0.3, 0.4) is 0 Å². The molecule has 0 bridgehead atoms. The van der Waals surface area contributed by atoms with Crippen molar-refractivity contribution in [2.45, 2.75) is 26.3 Å². The van der Waals surface area contributed by atoms with Gasteiger partial charge in [-0.05, 0) is 6.42 Å². The first-order valence-electron chi connectivity index (χ1n) is 4.15. The predicted octanol–water partition coefficient (Wildman–Crippen LogP) is 0.965. The van der Waals surface area contributed by atoms with Crippen molar-refractivity contribution in [3.63, 3.8) is 0 Å². The number of nitrogens with zero attached hydrogens (tertiary/aromatic N) is 2. The van der Waals surface area contributed by atoms with Crippen LogP contribution in [0, 0.1) is 0 Å². The maximum atomic E-state index is 8.55. The maximum absolute atomic E-state index is 8.55. The van der Waals surface area contributed by atoms with Gasteiger partial charge in [0.05, 0.1) is 13.6 Å². The Morgan fingerprint density at radius 1 is 1.67 bits per heavy atom. The third-order valence-corrected chi connectivity index (χ3v) is 1.85. The van der Waals surface area contributed by atoms with Crippen molar-refractivity contribution in [3.05, 3.63) is 12.4 Å². The average Bonchev–Trinajstić information content (AvgIpc) is 2.43. The van der Waals surface area contributed by atoms with E-state index in [2.05, 4.69) is 11.8 Å². The Morgan fingerprint density at radius 3 is 3.00 bits per heavy atom. The molecule has 1 N–H and O–H groups in total. The van der Waals surface area contributed by atoms with Crippen LogP contribution in [0.25, 0.3) is 0 Å². The third-order valence-electron chi connectivity index (χ3n) is 1.85. The lowest BCUT2D eigenvalue weighted by molar-refractivity contribution is -0.684. The van der Waals surface area contributed by atoms with Crippen molar-refractivity contribution < 1.29 is 14.7 Å². The van der Waals surface area contributed by atoms with Crippen LogP contribution in [-0.2, 0) is 13.6 Å². The van der Waals surface area contributed by atoms with Gasteiger partial charge in [0.15, 0.2) is 0 Å². The van der Waals surface area contributed by atoms with Crippen LogP contribution in [-0.4, -0.2) is 9.82 Å². The molecule has 1 aromatic rings. The van der Waals surface area contributed by atoms with E-state index >= 15 is 0 Å². The Labute approximate surface area is 71.9 Å². The number of hydrogen-bond acceptors (Lipinski definition) is 2. The summed E-state index contributed by atoms with van der Waals surface area (Å²) in [5, 5.41) is 8.55. The molecule has 4 heteroatoms. The molecular weight excluding hydrogens is 156 g/mol. The second-order valence-corrected chi connectivity index (χ2v) is 2.83. The lowest BCUT2D eigenvalue weighted by Gasteiger charge is -1.96. The number of rotatable bonds is 4. The molecule has 1 aromatic heterocycles. The van der Waals surface area contributed by atoms with Gasteiger partial charge in [0.2, 0.25) is 0 Å². The summed E-state index contributed by atoms with van der Waals surface area (Å²) in [6.07, 6.45) is 5.96. The van der Waals surface area contributed by atoms with Gasteiger partial charge in [-0.15, -0.1) is 0 Å². The highest BCUT2D eigenvalue weighted by molar-refractivity contribution is 4.86. The zero-order valence-electron chi connectivity index (χ0n) is 7.53. The van der Waals surface area contributed by atoms with E-state index < -0.39 is 0 Å². The second-order valence-electron chi connectivity index (χ2n) is 2.83. The standard InChI is InChI=1S/C8H14N2O2/c1-3-4-5-10-7-6-9(2)8(10)12-11/h6-7H,3-5H2,1-2H3/p+1. The molecule has 0 saturated carbocycles. The van der Waals surface area contributed by atoms with Crippen molar-refractivity contribution in [1.29, 1.82) is 0 Å². The highest BCUT2D eigenvalue weighted by Gasteiger charge is 2.14. The van der Waals surface area contributed by atoms with Gasteiger partial charge in [0.25, 0.3) is 0 Å². The summed E-state index contributed by atoms with van der Waals surface area (Å²) in [6, 6.07) is 0.475. The van der Waals surface area contributed by atoms with Crippen LogP contribution in [0.15, 0.2) is 12.4 Å². The molecule has 1 rings (SSSR count). The predicted molar refractivity (Wildman–Crippen MR) is 43.8 cm³/mol. The average molecular weight is 171 g/mol. The smallest absolute Gasteiger partial charge is 0.258 e. The minimum atomic E-state index is 0.475. The number of aryl methyl sites for hydroxylation is 2. The van der Waals surface area contributed by atoms with Crippen molar-refractivity contribution >= 4 is 0 Å².